The molecule has 0 bridgehead atoms. The summed E-state index contributed by atoms with van der Waals surface area (Å²) < 4.78 is 0. The summed E-state index contributed by atoms with van der Waals surface area (Å²) >= 11 is 1.55. The fourth-order valence-electron chi connectivity index (χ4n) is 4.50. The van der Waals surface area contributed by atoms with E-state index in [1.54, 1.807) is 43.9 Å². The Labute approximate surface area is 249 Å². The van der Waals surface area contributed by atoms with Gasteiger partial charge in [-0.1, -0.05) is 44.2 Å². The molecule has 1 aromatic heterocycles. The zero-order valence-electron chi connectivity index (χ0n) is 23.9. The van der Waals surface area contributed by atoms with Crippen molar-refractivity contribution in [3.63, 3.8) is 0 Å². The van der Waals surface area contributed by atoms with Crippen molar-refractivity contribution in [2.75, 3.05) is 12.0 Å². The van der Waals surface area contributed by atoms with E-state index in [1.807, 2.05) is 30.5 Å². The number of para-hydroxylation sites is 1. The highest BCUT2D eigenvalue weighted by molar-refractivity contribution is 7.98. The van der Waals surface area contributed by atoms with E-state index in [4.69, 9.17) is 5.73 Å². The van der Waals surface area contributed by atoms with E-state index in [1.165, 1.54) is 12.1 Å². The Hall–Kier alpha value is -4.03. The number of carboxylic acids is 1. The molecule has 0 aliphatic carbocycles. The second-order valence-electron chi connectivity index (χ2n) is 10.5. The number of carbonyl (C=O) groups excluding carboxylic acids is 3. The number of aromatic nitrogens is 1. The third-order valence-corrected chi connectivity index (χ3v) is 7.58. The highest BCUT2D eigenvalue weighted by atomic mass is 32.2. The van der Waals surface area contributed by atoms with Gasteiger partial charge in [-0.15, -0.1) is 0 Å². The number of aliphatic carboxylic acids is 1. The highest BCUT2D eigenvalue weighted by Crippen LogP contribution is 2.19. The summed E-state index contributed by atoms with van der Waals surface area (Å²) in [6.07, 6.45) is 4.16. The molecule has 0 saturated carbocycles. The molecule has 3 aromatic rings. The van der Waals surface area contributed by atoms with Crippen LogP contribution in [0.4, 0.5) is 0 Å². The first-order valence-electron chi connectivity index (χ1n) is 13.7. The van der Waals surface area contributed by atoms with Gasteiger partial charge in [0.1, 0.15) is 23.9 Å². The zero-order valence-corrected chi connectivity index (χ0v) is 24.7. The summed E-state index contributed by atoms with van der Waals surface area (Å²) in [5.41, 5.74) is 8.28. The van der Waals surface area contributed by atoms with Crippen LogP contribution in [0.2, 0.25) is 0 Å². The lowest BCUT2D eigenvalue weighted by Gasteiger charge is -2.27. The number of fused-ring (bicyclic) bond motifs is 1. The first-order valence-corrected chi connectivity index (χ1v) is 15.1. The van der Waals surface area contributed by atoms with Gasteiger partial charge in [0.2, 0.25) is 17.7 Å². The summed E-state index contributed by atoms with van der Waals surface area (Å²) in [4.78, 5) is 54.9. The monoisotopic (exact) mass is 597 g/mol. The third-order valence-electron chi connectivity index (χ3n) is 6.94. The largest absolute Gasteiger partial charge is 0.508 e. The standard InChI is InChI=1S/C30H39N5O6S/c1-17(2)26(29(39)34-25(30(40)41)15-19-16-32-23-7-5-4-6-21(19)23)35-28(38)24(14-18-8-10-20(36)11-9-18)33-27(37)22(31)12-13-42-3/h4-11,16-17,22,24-26,32,36H,12-15,31H2,1-3H3,(H,33,37)(H,34,39)(H,35,38)(H,40,41). The topological polar surface area (TPSA) is 187 Å². The minimum absolute atomic E-state index is 0.0390. The predicted molar refractivity (Wildman–Crippen MR) is 163 cm³/mol. The van der Waals surface area contributed by atoms with Crippen molar-refractivity contribution in [1.29, 1.82) is 0 Å². The predicted octanol–water partition coefficient (Wildman–Crippen LogP) is 1.93. The fourth-order valence-corrected chi connectivity index (χ4v) is 4.99. The lowest BCUT2D eigenvalue weighted by Crippen LogP contribution is -2.59. The smallest absolute Gasteiger partial charge is 0.326 e. The Bertz CT molecular complexity index is 1380. The van der Waals surface area contributed by atoms with Gasteiger partial charge in [-0.3, -0.25) is 14.4 Å². The third kappa shape index (κ3) is 8.98. The van der Waals surface area contributed by atoms with Crippen LogP contribution in [0.15, 0.2) is 54.7 Å². The lowest BCUT2D eigenvalue weighted by atomic mass is 9.99. The summed E-state index contributed by atoms with van der Waals surface area (Å²) in [5.74, 6) is -2.66. The number of benzene rings is 2. The van der Waals surface area contributed by atoms with Crippen LogP contribution in [0.25, 0.3) is 10.9 Å². The summed E-state index contributed by atoms with van der Waals surface area (Å²) in [6.45, 7) is 3.46. The molecule has 42 heavy (non-hydrogen) atoms. The fraction of sp³-hybridized carbons (Fsp3) is 0.400. The normalized spacial score (nSPS) is 14.1. The second kappa shape index (κ2) is 15.3. The number of aromatic hydroxyl groups is 1. The molecular weight excluding hydrogens is 558 g/mol. The Morgan fingerprint density at radius 1 is 0.905 bits per heavy atom. The number of nitrogens with two attached hydrogens (primary N) is 1. The molecule has 0 fully saturated rings. The van der Waals surface area contributed by atoms with E-state index in [0.29, 0.717) is 17.7 Å². The minimum atomic E-state index is -1.24. The van der Waals surface area contributed by atoms with Gasteiger partial charge in [-0.2, -0.15) is 11.8 Å². The van der Waals surface area contributed by atoms with Gasteiger partial charge in [0, 0.05) is 29.9 Å². The molecule has 8 N–H and O–H groups in total. The lowest BCUT2D eigenvalue weighted by molar-refractivity contribution is -0.142. The summed E-state index contributed by atoms with van der Waals surface area (Å²) in [7, 11) is 0. The Morgan fingerprint density at radius 3 is 2.21 bits per heavy atom. The Balaban J connectivity index is 1.76. The molecule has 0 aliphatic rings. The van der Waals surface area contributed by atoms with Crippen molar-refractivity contribution in [3.8, 4) is 5.75 Å². The SMILES string of the molecule is CSCCC(N)C(=O)NC(Cc1ccc(O)cc1)C(=O)NC(C(=O)NC(Cc1c[nH]c2ccccc12)C(=O)O)C(C)C. The van der Waals surface area contributed by atoms with Gasteiger partial charge >= 0.3 is 5.97 Å². The average Bonchev–Trinajstić information content (AvgIpc) is 3.37. The number of hydrogen-bond acceptors (Lipinski definition) is 7. The van der Waals surface area contributed by atoms with Gasteiger partial charge in [-0.05, 0) is 53.7 Å². The number of phenols is 1. The minimum Gasteiger partial charge on any atom is -0.508 e. The molecule has 0 aliphatic heterocycles. The maximum atomic E-state index is 13.5. The Morgan fingerprint density at radius 2 is 1.57 bits per heavy atom. The molecule has 4 atom stereocenters. The number of rotatable bonds is 15. The highest BCUT2D eigenvalue weighted by Gasteiger charge is 2.32. The molecule has 3 rings (SSSR count). The molecule has 3 amide bonds. The number of H-pyrrole nitrogens is 1. The van der Waals surface area contributed by atoms with Crippen molar-refractivity contribution in [2.24, 2.45) is 11.7 Å². The summed E-state index contributed by atoms with van der Waals surface area (Å²) in [5, 5.41) is 28.4. The number of nitrogens with one attached hydrogen (secondary N) is 4. The summed E-state index contributed by atoms with van der Waals surface area (Å²) in [6, 6.07) is 9.45. The van der Waals surface area contributed by atoms with Gasteiger partial charge in [-0.25, -0.2) is 4.79 Å². The average molecular weight is 598 g/mol. The number of aromatic amines is 1. The number of phenolic OH excluding ortho intramolecular Hbond substituents is 1. The van der Waals surface area contributed by atoms with Crippen molar-refractivity contribution in [3.05, 3.63) is 65.9 Å². The van der Waals surface area contributed by atoms with Gasteiger partial charge in [0.15, 0.2) is 0 Å². The molecule has 4 unspecified atom stereocenters. The van der Waals surface area contributed by atoms with Gasteiger partial charge < -0.3 is 36.9 Å². The van der Waals surface area contributed by atoms with E-state index in [9.17, 15) is 29.4 Å². The second-order valence-corrected chi connectivity index (χ2v) is 11.5. The molecule has 2 aromatic carbocycles. The molecule has 0 spiro atoms. The zero-order chi connectivity index (χ0) is 30.8. The van der Waals surface area contributed by atoms with E-state index in [0.717, 1.165) is 16.5 Å². The van der Waals surface area contributed by atoms with E-state index in [2.05, 4.69) is 20.9 Å². The number of thioether (sulfide) groups is 1. The first kappa shape index (κ1) is 32.5. The molecule has 1 heterocycles. The van der Waals surface area contributed by atoms with Crippen LogP contribution in [0.3, 0.4) is 0 Å². The molecule has 11 nitrogen and oxygen atoms in total. The van der Waals surface area contributed by atoms with Crippen molar-refractivity contribution in [1.82, 2.24) is 20.9 Å². The van der Waals surface area contributed by atoms with Crippen LogP contribution in [0.5, 0.6) is 5.75 Å². The van der Waals surface area contributed by atoms with Gasteiger partial charge in [0.05, 0.1) is 6.04 Å². The van der Waals surface area contributed by atoms with E-state index in [-0.39, 0.29) is 18.6 Å². The van der Waals surface area contributed by atoms with Crippen LogP contribution in [-0.4, -0.2) is 75.1 Å². The molecular formula is C30H39N5O6S. The maximum Gasteiger partial charge on any atom is 0.326 e. The van der Waals surface area contributed by atoms with Crippen LogP contribution in [-0.2, 0) is 32.0 Å². The van der Waals surface area contributed by atoms with E-state index < -0.39 is 53.8 Å². The van der Waals surface area contributed by atoms with Crippen LogP contribution < -0.4 is 21.7 Å². The first-order chi connectivity index (χ1) is 20.0. The quantitative estimate of drug-likeness (QED) is 0.138. The van der Waals surface area contributed by atoms with Crippen LogP contribution in [0.1, 0.15) is 31.4 Å². The van der Waals surface area contributed by atoms with Crippen molar-refractivity contribution < 1.29 is 29.4 Å². The van der Waals surface area contributed by atoms with Crippen LogP contribution in [0, 0.1) is 5.92 Å². The molecule has 226 valence electrons. The maximum absolute atomic E-state index is 13.5. The molecule has 0 saturated heterocycles. The number of hydrogen-bond donors (Lipinski definition) is 7. The van der Waals surface area contributed by atoms with Crippen LogP contribution >= 0.6 is 11.8 Å². The van der Waals surface area contributed by atoms with E-state index >= 15 is 0 Å². The molecule has 0 radical (unpaired) electrons. The number of amides is 3. The van der Waals surface area contributed by atoms with Gasteiger partial charge in [0.25, 0.3) is 0 Å². The number of carboxylic acid groups (broad SMARTS) is 1. The van der Waals surface area contributed by atoms with Crippen molar-refractivity contribution >= 4 is 46.4 Å². The Kier molecular flexibility index (Phi) is 11.8. The van der Waals surface area contributed by atoms with Crippen molar-refractivity contribution in [2.45, 2.75) is 57.3 Å². The number of carbonyl (C=O) groups is 4. The molecule has 12 heteroatoms.